The third-order valence-electron chi connectivity index (χ3n) is 4.83. The van der Waals surface area contributed by atoms with E-state index in [0.29, 0.717) is 22.8 Å². The number of carbonyl (C=O) groups is 2. The molecule has 1 aromatic rings. The van der Waals surface area contributed by atoms with Crippen LogP contribution >= 0.6 is 11.8 Å². The van der Waals surface area contributed by atoms with Crippen molar-refractivity contribution in [2.24, 2.45) is 10.4 Å². The SMILES string of the molecule is CCOC(=O)c1cc(OC)ccc1NC1=C2SCC(C(=O)O)N=C2CC(C)(C)C1. The van der Waals surface area contributed by atoms with Crippen LogP contribution in [0.3, 0.4) is 0 Å². The number of aliphatic carboxylic acids is 1. The Kier molecular flexibility index (Phi) is 6.21. The molecule has 0 amide bonds. The number of ether oxygens (including phenoxy) is 2. The lowest BCUT2D eigenvalue weighted by Gasteiger charge is -2.36. The minimum absolute atomic E-state index is 0.0812. The highest BCUT2D eigenvalue weighted by molar-refractivity contribution is 8.04. The van der Waals surface area contributed by atoms with E-state index in [1.165, 1.54) is 11.8 Å². The van der Waals surface area contributed by atoms with Crippen molar-refractivity contribution in [3.05, 3.63) is 34.4 Å². The Morgan fingerprint density at radius 1 is 1.34 bits per heavy atom. The second-order valence-corrected chi connectivity index (χ2v) is 8.85. The largest absolute Gasteiger partial charge is 0.497 e. The van der Waals surface area contributed by atoms with Gasteiger partial charge in [-0.25, -0.2) is 9.59 Å². The molecule has 29 heavy (non-hydrogen) atoms. The van der Waals surface area contributed by atoms with Gasteiger partial charge in [-0.05, 0) is 43.4 Å². The lowest BCUT2D eigenvalue weighted by atomic mass is 9.78. The Balaban J connectivity index is 2.01. The second-order valence-electron chi connectivity index (χ2n) is 7.82. The van der Waals surface area contributed by atoms with Crippen LogP contribution in [0.1, 0.15) is 44.0 Å². The highest BCUT2D eigenvalue weighted by atomic mass is 32.2. The number of allylic oxidation sites excluding steroid dienone is 2. The quantitative estimate of drug-likeness (QED) is 0.675. The van der Waals surface area contributed by atoms with Crippen LogP contribution in [0, 0.1) is 5.41 Å². The standard InChI is InChI=1S/C21H26N2O5S/c1-5-28-20(26)13-8-12(27-4)6-7-14(13)22-15-9-21(2,3)10-16-18(15)29-11-17(23-16)19(24)25/h6-8,17,22H,5,9-11H2,1-4H3,(H,24,25). The van der Waals surface area contributed by atoms with Crippen molar-refractivity contribution in [1.29, 1.82) is 0 Å². The Morgan fingerprint density at radius 2 is 2.10 bits per heavy atom. The van der Waals surface area contributed by atoms with Crippen LogP contribution in [0.15, 0.2) is 33.8 Å². The molecule has 8 heteroatoms. The first-order valence-corrected chi connectivity index (χ1v) is 10.5. The summed E-state index contributed by atoms with van der Waals surface area (Å²) >= 11 is 1.51. The number of hydrogen-bond acceptors (Lipinski definition) is 7. The molecule has 1 aliphatic heterocycles. The molecule has 0 spiro atoms. The molecule has 0 aromatic heterocycles. The number of esters is 1. The number of fused-ring (bicyclic) bond motifs is 1. The topological polar surface area (TPSA) is 97.2 Å². The minimum Gasteiger partial charge on any atom is -0.497 e. The van der Waals surface area contributed by atoms with Crippen molar-refractivity contribution in [2.45, 2.75) is 39.7 Å². The molecule has 0 bridgehead atoms. The molecule has 1 aromatic carbocycles. The molecular formula is C21H26N2O5S. The van der Waals surface area contributed by atoms with Crippen molar-refractivity contribution >= 4 is 35.1 Å². The first-order chi connectivity index (χ1) is 13.7. The van der Waals surface area contributed by atoms with E-state index in [-0.39, 0.29) is 12.0 Å². The fraction of sp³-hybridized carbons (Fsp3) is 0.476. The van der Waals surface area contributed by atoms with Gasteiger partial charge in [0.2, 0.25) is 0 Å². The van der Waals surface area contributed by atoms with Gasteiger partial charge in [0.1, 0.15) is 5.75 Å². The van der Waals surface area contributed by atoms with Crippen molar-refractivity contribution in [2.75, 3.05) is 24.8 Å². The van der Waals surface area contributed by atoms with E-state index >= 15 is 0 Å². The summed E-state index contributed by atoms with van der Waals surface area (Å²) in [5, 5.41) is 12.8. The molecule has 1 heterocycles. The molecule has 0 radical (unpaired) electrons. The van der Waals surface area contributed by atoms with Crippen molar-refractivity contribution in [1.82, 2.24) is 0 Å². The minimum atomic E-state index is -0.901. The number of carbonyl (C=O) groups excluding carboxylic acids is 1. The Labute approximate surface area is 174 Å². The number of nitrogens with zero attached hydrogens (tertiary/aromatic N) is 1. The number of rotatable bonds is 6. The van der Waals surface area contributed by atoms with E-state index in [0.717, 1.165) is 29.2 Å². The number of anilines is 1. The number of methoxy groups -OCH3 is 1. The van der Waals surface area contributed by atoms with E-state index in [9.17, 15) is 14.7 Å². The van der Waals surface area contributed by atoms with Crippen molar-refractivity contribution in [3.8, 4) is 5.75 Å². The molecule has 7 nitrogen and oxygen atoms in total. The van der Waals surface area contributed by atoms with Gasteiger partial charge in [0.25, 0.3) is 0 Å². The van der Waals surface area contributed by atoms with Gasteiger partial charge in [0, 0.05) is 16.4 Å². The van der Waals surface area contributed by atoms with Crippen LogP contribution in [-0.2, 0) is 9.53 Å². The molecule has 2 N–H and O–H groups in total. The molecular weight excluding hydrogens is 392 g/mol. The predicted octanol–water partition coefficient (Wildman–Crippen LogP) is 3.96. The molecule has 2 aliphatic rings. The summed E-state index contributed by atoms with van der Waals surface area (Å²) in [7, 11) is 1.55. The Morgan fingerprint density at radius 3 is 2.76 bits per heavy atom. The smallest absolute Gasteiger partial charge is 0.340 e. The monoisotopic (exact) mass is 418 g/mol. The summed E-state index contributed by atoms with van der Waals surface area (Å²) in [6, 6.07) is 4.52. The first kappa shape index (κ1) is 21.2. The summed E-state index contributed by atoms with van der Waals surface area (Å²) in [5.41, 5.74) is 2.71. The molecule has 0 saturated heterocycles. The highest BCUT2D eigenvalue weighted by Gasteiger charge is 2.36. The van der Waals surface area contributed by atoms with Gasteiger partial charge in [-0.3, -0.25) is 4.99 Å². The molecule has 1 aliphatic carbocycles. The summed E-state index contributed by atoms with van der Waals surface area (Å²) in [5.74, 6) is -0.362. The molecule has 1 atom stereocenters. The van der Waals surface area contributed by atoms with Gasteiger partial charge in [0.15, 0.2) is 6.04 Å². The van der Waals surface area contributed by atoms with Crippen LogP contribution < -0.4 is 10.1 Å². The van der Waals surface area contributed by atoms with Crippen molar-refractivity contribution in [3.63, 3.8) is 0 Å². The van der Waals surface area contributed by atoms with E-state index in [1.54, 1.807) is 32.2 Å². The van der Waals surface area contributed by atoms with Gasteiger partial charge < -0.3 is 19.9 Å². The third-order valence-corrected chi connectivity index (χ3v) is 6.08. The van der Waals surface area contributed by atoms with Gasteiger partial charge in [-0.2, -0.15) is 0 Å². The maximum absolute atomic E-state index is 12.5. The number of aliphatic imine (C=N–C) groups is 1. The van der Waals surface area contributed by atoms with E-state index in [4.69, 9.17) is 9.47 Å². The molecule has 0 saturated carbocycles. The lowest BCUT2D eigenvalue weighted by molar-refractivity contribution is -0.137. The fourth-order valence-corrected chi connectivity index (χ4v) is 4.65. The third kappa shape index (κ3) is 4.75. The average Bonchev–Trinajstić information content (AvgIpc) is 2.67. The van der Waals surface area contributed by atoms with Crippen LogP contribution in [0.25, 0.3) is 0 Å². The van der Waals surface area contributed by atoms with Gasteiger partial charge in [-0.1, -0.05) is 13.8 Å². The summed E-state index contributed by atoms with van der Waals surface area (Å²) < 4.78 is 10.5. The molecule has 3 rings (SSSR count). The number of hydrogen-bond donors (Lipinski definition) is 2. The second kappa shape index (κ2) is 8.49. The summed E-state index contributed by atoms with van der Waals surface area (Å²) in [6.45, 7) is 6.30. The normalized spacial score (nSPS) is 20.4. The van der Waals surface area contributed by atoms with Crippen LogP contribution in [0.2, 0.25) is 0 Å². The summed E-state index contributed by atoms with van der Waals surface area (Å²) in [6.07, 6.45) is 1.48. The van der Waals surface area contributed by atoms with Gasteiger partial charge in [0.05, 0.1) is 30.7 Å². The fourth-order valence-electron chi connectivity index (χ4n) is 3.52. The van der Waals surface area contributed by atoms with Crippen LogP contribution in [-0.4, -0.2) is 48.3 Å². The number of carboxylic acid groups (broad SMARTS) is 1. The first-order valence-electron chi connectivity index (χ1n) is 9.52. The van der Waals surface area contributed by atoms with Gasteiger partial charge in [-0.15, -0.1) is 11.8 Å². The zero-order valence-electron chi connectivity index (χ0n) is 17.1. The maximum Gasteiger partial charge on any atom is 0.340 e. The number of benzene rings is 1. The van der Waals surface area contributed by atoms with E-state index < -0.39 is 18.0 Å². The van der Waals surface area contributed by atoms with Gasteiger partial charge >= 0.3 is 11.9 Å². The number of thioether (sulfide) groups is 1. The Bertz CT molecular complexity index is 891. The van der Waals surface area contributed by atoms with Crippen LogP contribution in [0.5, 0.6) is 5.75 Å². The average molecular weight is 419 g/mol. The molecule has 156 valence electrons. The predicted molar refractivity (Wildman–Crippen MR) is 114 cm³/mol. The molecule has 1 unspecified atom stereocenters. The van der Waals surface area contributed by atoms with Crippen LogP contribution in [0.4, 0.5) is 5.69 Å². The zero-order valence-corrected chi connectivity index (χ0v) is 17.9. The Hall–Kier alpha value is -2.48. The maximum atomic E-state index is 12.5. The zero-order chi connectivity index (χ0) is 21.2. The lowest BCUT2D eigenvalue weighted by Crippen LogP contribution is -2.34. The van der Waals surface area contributed by atoms with Crippen molar-refractivity contribution < 1.29 is 24.2 Å². The highest BCUT2D eigenvalue weighted by Crippen LogP contribution is 2.44. The number of carboxylic acids is 1. The number of nitrogens with one attached hydrogen (secondary N) is 1. The molecule has 0 fully saturated rings. The van der Waals surface area contributed by atoms with E-state index in [2.05, 4.69) is 24.2 Å². The van der Waals surface area contributed by atoms with E-state index in [1.807, 2.05) is 0 Å². The summed E-state index contributed by atoms with van der Waals surface area (Å²) in [4.78, 5) is 29.3.